The van der Waals surface area contributed by atoms with Crippen molar-refractivity contribution in [1.29, 1.82) is 0 Å². The zero-order chi connectivity index (χ0) is 32.3. The van der Waals surface area contributed by atoms with Crippen molar-refractivity contribution in [2.45, 2.75) is 39.6 Å². The van der Waals surface area contributed by atoms with Crippen molar-refractivity contribution in [2.75, 3.05) is 27.9 Å². The number of alkyl halides is 3. The number of rotatable bonds is 8. The maximum Gasteiger partial charge on any atom is 0.573 e. The molecule has 1 fully saturated rings. The van der Waals surface area contributed by atoms with Crippen LogP contribution in [-0.2, 0) is 11.3 Å². The summed E-state index contributed by atoms with van der Waals surface area (Å²) in [5.74, 6) is 0.339. The van der Waals surface area contributed by atoms with Crippen molar-refractivity contribution in [3.63, 3.8) is 0 Å². The fourth-order valence-electron chi connectivity index (χ4n) is 4.65. The Morgan fingerprint density at radius 1 is 1.11 bits per heavy atom. The van der Waals surface area contributed by atoms with Gasteiger partial charge in [0.05, 0.1) is 17.1 Å². The van der Waals surface area contributed by atoms with Crippen LogP contribution in [0, 0.1) is 6.92 Å². The third-order valence-corrected chi connectivity index (χ3v) is 7.72. The van der Waals surface area contributed by atoms with Crippen LogP contribution < -0.4 is 19.9 Å². The van der Waals surface area contributed by atoms with Gasteiger partial charge in [-0.2, -0.15) is 9.98 Å². The summed E-state index contributed by atoms with van der Waals surface area (Å²) in [7, 11) is 1.80. The van der Waals surface area contributed by atoms with Crippen LogP contribution in [0.15, 0.2) is 78.0 Å². The quantitative estimate of drug-likeness (QED) is 0.224. The van der Waals surface area contributed by atoms with E-state index in [9.17, 15) is 22.8 Å². The summed E-state index contributed by atoms with van der Waals surface area (Å²) in [5.41, 5.74) is 4.72. The normalized spacial score (nSPS) is 14.4. The number of ether oxygens (including phenoxy) is 1. The van der Waals surface area contributed by atoms with Crippen LogP contribution in [0.5, 0.6) is 5.75 Å². The molecule has 3 amide bonds. The molecule has 0 saturated carbocycles. The number of carbonyl (C=O) groups excluding carboxylic acids is 2. The molecule has 0 aliphatic carbocycles. The topological polar surface area (TPSA) is 105 Å². The zero-order valence-electron chi connectivity index (χ0n) is 24.9. The molecule has 4 aromatic rings. The highest BCUT2D eigenvalue weighted by molar-refractivity contribution is 8.15. The summed E-state index contributed by atoms with van der Waals surface area (Å²) in [5, 5.41) is 7.50. The minimum atomic E-state index is -4.76. The van der Waals surface area contributed by atoms with Crippen molar-refractivity contribution in [3.05, 3.63) is 89.7 Å². The minimum absolute atomic E-state index is 0.125. The van der Waals surface area contributed by atoms with E-state index >= 15 is 0 Å². The molecule has 1 aromatic heterocycles. The summed E-state index contributed by atoms with van der Waals surface area (Å²) in [6.07, 6.45) is -3.30. The average molecular weight is 638 g/mol. The van der Waals surface area contributed by atoms with Gasteiger partial charge in [-0.05, 0) is 72.0 Å². The molecule has 0 atom stereocenters. The summed E-state index contributed by atoms with van der Waals surface area (Å²) < 4.78 is 42.6. The monoisotopic (exact) mass is 637 g/mol. The van der Waals surface area contributed by atoms with Gasteiger partial charge in [0, 0.05) is 19.3 Å². The van der Waals surface area contributed by atoms with Gasteiger partial charge in [-0.25, -0.2) is 9.48 Å². The summed E-state index contributed by atoms with van der Waals surface area (Å²) in [6.45, 7) is 6.51. The van der Waals surface area contributed by atoms with Crippen LogP contribution >= 0.6 is 11.8 Å². The fraction of sp³-hybridized carbons (Fsp3) is 0.258. The summed E-state index contributed by atoms with van der Waals surface area (Å²) >= 11 is 1.23. The number of thioether (sulfide) groups is 1. The first-order valence-electron chi connectivity index (χ1n) is 13.9. The number of aryl methyl sites for hydroxylation is 1. The Hall–Kier alpha value is -4.85. The molecule has 45 heavy (non-hydrogen) atoms. The van der Waals surface area contributed by atoms with E-state index < -0.39 is 12.4 Å². The highest BCUT2D eigenvalue weighted by atomic mass is 32.2. The lowest BCUT2D eigenvalue weighted by Crippen LogP contribution is -2.31. The molecular weight excluding hydrogens is 607 g/mol. The number of benzene rings is 3. The number of aliphatic imine (C=N–C) groups is 1. The molecule has 0 radical (unpaired) electrons. The number of hydrogen-bond acceptors (Lipinski definition) is 7. The number of halogens is 3. The van der Waals surface area contributed by atoms with E-state index in [1.807, 2.05) is 37.3 Å². The molecule has 234 valence electrons. The lowest BCUT2D eigenvalue weighted by atomic mass is 9.99. The number of amides is 3. The third kappa shape index (κ3) is 7.81. The molecule has 1 N–H and O–H groups in total. The van der Waals surface area contributed by atoms with Crippen LogP contribution in [0.1, 0.15) is 36.5 Å². The summed E-state index contributed by atoms with van der Waals surface area (Å²) in [4.78, 5) is 37.5. The molecule has 1 aliphatic heterocycles. The maximum atomic E-state index is 12.9. The highest BCUT2D eigenvalue weighted by Gasteiger charge is 2.33. The van der Waals surface area contributed by atoms with E-state index in [-0.39, 0.29) is 23.3 Å². The first kappa shape index (κ1) is 31.6. The third-order valence-electron chi connectivity index (χ3n) is 6.79. The maximum absolute atomic E-state index is 12.9. The molecule has 1 saturated heterocycles. The highest BCUT2D eigenvalue weighted by Crippen LogP contribution is 2.34. The van der Waals surface area contributed by atoms with Gasteiger partial charge in [0.25, 0.3) is 0 Å². The van der Waals surface area contributed by atoms with E-state index in [0.717, 1.165) is 22.4 Å². The van der Waals surface area contributed by atoms with Gasteiger partial charge in [-0.3, -0.25) is 9.69 Å². The Balaban J connectivity index is 1.21. The van der Waals surface area contributed by atoms with Crippen LogP contribution in [-0.4, -0.2) is 51.0 Å². The second-order valence-corrected chi connectivity index (χ2v) is 11.6. The van der Waals surface area contributed by atoms with Crippen LogP contribution in [0.3, 0.4) is 0 Å². The van der Waals surface area contributed by atoms with Gasteiger partial charge in [-0.15, -0.1) is 18.3 Å². The molecule has 3 aromatic carbocycles. The number of nitrogens with zero attached hydrogens (tertiary/aromatic N) is 6. The second kappa shape index (κ2) is 13.0. The molecule has 2 heterocycles. The first-order chi connectivity index (χ1) is 21.4. The van der Waals surface area contributed by atoms with Crippen LogP contribution in [0.4, 0.5) is 35.3 Å². The van der Waals surface area contributed by atoms with Crippen molar-refractivity contribution >= 4 is 46.2 Å². The smallest absolute Gasteiger partial charge is 0.406 e. The molecule has 0 unspecified atom stereocenters. The number of urea groups is 1. The van der Waals surface area contributed by atoms with E-state index in [0.29, 0.717) is 29.0 Å². The van der Waals surface area contributed by atoms with Crippen LogP contribution in [0.2, 0.25) is 0 Å². The van der Waals surface area contributed by atoms with Crippen LogP contribution in [0.25, 0.3) is 5.69 Å². The molecule has 0 spiro atoms. The Bertz CT molecular complexity index is 1720. The number of hydrogen-bond donors (Lipinski definition) is 1. The van der Waals surface area contributed by atoms with Gasteiger partial charge in [0.1, 0.15) is 12.1 Å². The van der Waals surface area contributed by atoms with Gasteiger partial charge < -0.3 is 15.0 Å². The number of nitrogens with one attached hydrogen (secondary N) is 1. The van der Waals surface area contributed by atoms with E-state index in [1.54, 1.807) is 24.1 Å². The first-order valence-corrected chi connectivity index (χ1v) is 14.9. The standard InChI is InChI=1S/C31H30F3N7O3S/c1-19(2)25-14-5-20(3)15-26(25)41-27(42)17-45-30(41)37-29(43)36-22-8-6-21(7-9-22)16-39(4)28-35-18-40(38-28)23-10-12-24(13-11-23)44-31(32,33)34/h5-15,18-19H,16-17H2,1-4H3,(H,36,43). The predicted octanol–water partition coefficient (Wildman–Crippen LogP) is 6.90. The van der Waals surface area contributed by atoms with Gasteiger partial charge >= 0.3 is 12.4 Å². The van der Waals surface area contributed by atoms with Crippen molar-refractivity contribution in [1.82, 2.24) is 14.8 Å². The Morgan fingerprint density at radius 2 is 1.82 bits per heavy atom. The fourth-order valence-corrected chi connectivity index (χ4v) is 5.51. The molecule has 5 rings (SSSR count). The van der Waals surface area contributed by atoms with E-state index in [1.165, 1.54) is 51.9 Å². The van der Waals surface area contributed by atoms with Crippen molar-refractivity contribution < 1.29 is 27.5 Å². The largest absolute Gasteiger partial charge is 0.573 e. The summed E-state index contributed by atoms with van der Waals surface area (Å²) in [6, 6.07) is 17.9. The second-order valence-electron chi connectivity index (χ2n) is 10.6. The SMILES string of the molecule is Cc1ccc(C(C)C)c(N2C(=O)CSC2=NC(=O)Nc2ccc(CN(C)c3ncn(-c4ccc(OC(F)(F)F)cc4)n3)cc2)c1. The van der Waals surface area contributed by atoms with E-state index in [2.05, 4.69) is 39.0 Å². The van der Waals surface area contributed by atoms with Gasteiger partial charge in [0.2, 0.25) is 11.9 Å². The lowest BCUT2D eigenvalue weighted by Gasteiger charge is -2.22. The Labute approximate surface area is 261 Å². The van der Waals surface area contributed by atoms with Crippen molar-refractivity contribution in [2.24, 2.45) is 4.99 Å². The van der Waals surface area contributed by atoms with Gasteiger partial charge in [-0.1, -0.05) is 49.9 Å². The lowest BCUT2D eigenvalue weighted by molar-refractivity contribution is -0.274. The molecular formula is C31H30F3N7O3S. The molecule has 10 nitrogen and oxygen atoms in total. The number of amidine groups is 1. The Morgan fingerprint density at radius 3 is 2.49 bits per heavy atom. The number of anilines is 3. The number of carbonyl (C=O) groups is 2. The average Bonchev–Trinajstić information content (AvgIpc) is 3.60. The van der Waals surface area contributed by atoms with E-state index in [4.69, 9.17) is 0 Å². The van der Waals surface area contributed by atoms with Crippen molar-refractivity contribution in [3.8, 4) is 11.4 Å². The number of aromatic nitrogens is 3. The minimum Gasteiger partial charge on any atom is -0.406 e. The van der Waals surface area contributed by atoms with Gasteiger partial charge in [0.15, 0.2) is 5.17 Å². The molecule has 1 aliphatic rings. The molecule has 14 heteroatoms. The molecule has 0 bridgehead atoms. The Kier molecular flexibility index (Phi) is 9.14. The predicted molar refractivity (Wildman–Crippen MR) is 168 cm³/mol. The zero-order valence-corrected chi connectivity index (χ0v) is 25.7.